The molecule has 0 spiro atoms. The van der Waals surface area contributed by atoms with E-state index < -0.39 is 0 Å². The molecule has 0 aromatic heterocycles. The van der Waals surface area contributed by atoms with E-state index in [-0.39, 0.29) is 0 Å². The fraction of sp³-hybridized carbons (Fsp3) is 0.273. The number of rotatable bonds is 6. The van der Waals surface area contributed by atoms with Crippen molar-refractivity contribution in [3.05, 3.63) is 77.9 Å². The van der Waals surface area contributed by atoms with Gasteiger partial charge in [-0.25, -0.2) is 0 Å². The number of nitrogens with one attached hydrogen (secondary N) is 1. The van der Waals surface area contributed by atoms with E-state index in [1.54, 1.807) is 7.11 Å². The smallest absolute Gasteiger partial charge is 0.118 e. The molecular formula is C22H23NO. The Labute approximate surface area is 143 Å². The predicted octanol–water partition coefficient (Wildman–Crippen LogP) is 5.09. The maximum atomic E-state index is 5.28. The van der Waals surface area contributed by atoms with Gasteiger partial charge in [0.1, 0.15) is 5.75 Å². The molecule has 1 atom stereocenters. The van der Waals surface area contributed by atoms with Gasteiger partial charge in [0, 0.05) is 12.6 Å². The lowest BCUT2D eigenvalue weighted by molar-refractivity contribution is 0.413. The van der Waals surface area contributed by atoms with E-state index >= 15 is 0 Å². The standard InChI is InChI=1S/C22H23NO/c1-24-20-13-11-18(12-14-20)22(17-9-10-17)23-15-19-7-4-6-16-5-2-3-8-21(16)19/h2-8,11-14,17,22-23H,9-10,15H2,1H3. The molecule has 0 amide bonds. The minimum absolute atomic E-state index is 0.426. The summed E-state index contributed by atoms with van der Waals surface area (Å²) in [6.45, 7) is 0.897. The van der Waals surface area contributed by atoms with Crippen molar-refractivity contribution in [2.45, 2.75) is 25.4 Å². The molecule has 4 rings (SSSR count). The largest absolute Gasteiger partial charge is 0.497 e. The minimum atomic E-state index is 0.426. The van der Waals surface area contributed by atoms with Crippen LogP contribution in [0.1, 0.15) is 30.0 Å². The highest BCUT2D eigenvalue weighted by molar-refractivity contribution is 5.85. The van der Waals surface area contributed by atoms with E-state index in [1.165, 1.54) is 34.7 Å². The average Bonchev–Trinajstić information content (AvgIpc) is 3.48. The van der Waals surface area contributed by atoms with Gasteiger partial charge in [-0.2, -0.15) is 0 Å². The molecule has 122 valence electrons. The third-order valence-corrected chi connectivity index (χ3v) is 4.96. The van der Waals surface area contributed by atoms with Gasteiger partial charge in [0.05, 0.1) is 7.11 Å². The van der Waals surface area contributed by atoms with Crippen molar-refractivity contribution >= 4 is 10.8 Å². The number of ether oxygens (including phenoxy) is 1. The van der Waals surface area contributed by atoms with Crippen molar-refractivity contribution in [3.63, 3.8) is 0 Å². The van der Waals surface area contributed by atoms with Crippen molar-refractivity contribution in [3.8, 4) is 5.75 Å². The molecular weight excluding hydrogens is 294 g/mol. The molecule has 1 aliphatic rings. The molecule has 3 aromatic carbocycles. The monoisotopic (exact) mass is 317 g/mol. The second-order valence-corrected chi connectivity index (χ2v) is 6.61. The minimum Gasteiger partial charge on any atom is -0.497 e. The van der Waals surface area contributed by atoms with Gasteiger partial charge in [-0.05, 0) is 52.8 Å². The summed E-state index contributed by atoms with van der Waals surface area (Å²) in [5, 5.41) is 6.46. The number of hydrogen-bond acceptors (Lipinski definition) is 2. The number of hydrogen-bond donors (Lipinski definition) is 1. The molecule has 0 saturated heterocycles. The van der Waals surface area contributed by atoms with Crippen LogP contribution in [0.2, 0.25) is 0 Å². The van der Waals surface area contributed by atoms with Crippen LogP contribution in [0.4, 0.5) is 0 Å². The van der Waals surface area contributed by atoms with Crippen LogP contribution in [-0.2, 0) is 6.54 Å². The highest BCUT2D eigenvalue weighted by atomic mass is 16.5. The summed E-state index contributed by atoms with van der Waals surface area (Å²) in [6.07, 6.45) is 2.64. The molecule has 1 aliphatic carbocycles. The Morgan fingerprint density at radius 2 is 1.71 bits per heavy atom. The summed E-state index contributed by atoms with van der Waals surface area (Å²) in [4.78, 5) is 0. The van der Waals surface area contributed by atoms with Gasteiger partial charge in [-0.1, -0.05) is 54.6 Å². The van der Waals surface area contributed by atoms with Gasteiger partial charge < -0.3 is 10.1 Å². The summed E-state index contributed by atoms with van der Waals surface area (Å²) in [7, 11) is 1.71. The van der Waals surface area contributed by atoms with Crippen LogP contribution in [0, 0.1) is 5.92 Å². The third-order valence-electron chi connectivity index (χ3n) is 4.96. The van der Waals surface area contributed by atoms with Crippen LogP contribution in [0.15, 0.2) is 66.7 Å². The van der Waals surface area contributed by atoms with E-state index in [9.17, 15) is 0 Å². The predicted molar refractivity (Wildman–Crippen MR) is 99.2 cm³/mol. The fourth-order valence-electron chi connectivity index (χ4n) is 3.46. The Morgan fingerprint density at radius 3 is 2.46 bits per heavy atom. The van der Waals surface area contributed by atoms with Crippen molar-refractivity contribution < 1.29 is 4.74 Å². The first-order valence-electron chi connectivity index (χ1n) is 8.69. The summed E-state index contributed by atoms with van der Waals surface area (Å²) >= 11 is 0. The second-order valence-electron chi connectivity index (χ2n) is 6.61. The van der Waals surface area contributed by atoms with Gasteiger partial charge in [-0.3, -0.25) is 0 Å². The second kappa shape index (κ2) is 6.66. The van der Waals surface area contributed by atoms with E-state index in [0.29, 0.717) is 6.04 Å². The lowest BCUT2D eigenvalue weighted by Gasteiger charge is -2.20. The van der Waals surface area contributed by atoms with Crippen molar-refractivity contribution in [1.82, 2.24) is 5.32 Å². The molecule has 1 fully saturated rings. The van der Waals surface area contributed by atoms with Crippen molar-refractivity contribution in [2.24, 2.45) is 5.92 Å². The molecule has 1 saturated carbocycles. The Balaban J connectivity index is 1.55. The molecule has 2 heteroatoms. The molecule has 1 unspecified atom stereocenters. The van der Waals surface area contributed by atoms with Crippen molar-refractivity contribution in [2.75, 3.05) is 7.11 Å². The lowest BCUT2D eigenvalue weighted by Crippen LogP contribution is -2.22. The maximum Gasteiger partial charge on any atom is 0.118 e. The Kier molecular flexibility index (Phi) is 4.22. The van der Waals surface area contributed by atoms with Crippen LogP contribution in [-0.4, -0.2) is 7.11 Å². The first-order valence-corrected chi connectivity index (χ1v) is 8.69. The molecule has 0 bridgehead atoms. The summed E-state index contributed by atoms with van der Waals surface area (Å²) in [6, 6.07) is 24.1. The molecule has 1 N–H and O–H groups in total. The first kappa shape index (κ1) is 15.2. The molecule has 24 heavy (non-hydrogen) atoms. The summed E-state index contributed by atoms with van der Waals surface area (Å²) < 4.78 is 5.28. The maximum absolute atomic E-state index is 5.28. The highest BCUT2D eigenvalue weighted by Gasteiger charge is 2.31. The summed E-state index contributed by atoms with van der Waals surface area (Å²) in [5.74, 6) is 1.68. The van der Waals surface area contributed by atoms with Crippen molar-refractivity contribution in [1.29, 1.82) is 0 Å². The van der Waals surface area contributed by atoms with Gasteiger partial charge >= 0.3 is 0 Å². The van der Waals surface area contributed by atoms with Crippen LogP contribution in [0.5, 0.6) is 5.75 Å². The Morgan fingerprint density at radius 1 is 0.958 bits per heavy atom. The highest BCUT2D eigenvalue weighted by Crippen LogP contribution is 2.41. The van der Waals surface area contributed by atoms with Crippen LogP contribution < -0.4 is 10.1 Å². The molecule has 2 nitrogen and oxygen atoms in total. The Hall–Kier alpha value is -2.32. The van der Waals surface area contributed by atoms with Gasteiger partial charge in [0.2, 0.25) is 0 Å². The van der Waals surface area contributed by atoms with Crippen LogP contribution in [0.25, 0.3) is 10.8 Å². The molecule has 0 heterocycles. The fourth-order valence-corrected chi connectivity index (χ4v) is 3.46. The molecule has 0 radical (unpaired) electrons. The van der Waals surface area contributed by atoms with Crippen LogP contribution >= 0.6 is 0 Å². The summed E-state index contributed by atoms with van der Waals surface area (Å²) in [5.41, 5.74) is 2.73. The topological polar surface area (TPSA) is 21.3 Å². The third kappa shape index (κ3) is 3.15. The number of fused-ring (bicyclic) bond motifs is 1. The number of methoxy groups -OCH3 is 1. The zero-order valence-electron chi connectivity index (χ0n) is 14.0. The van der Waals surface area contributed by atoms with E-state index in [1.807, 2.05) is 0 Å². The molecule has 3 aromatic rings. The zero-order chi connectivity index (χ0) is 16.4. The Bertz CT molecular complexity index is 816. The van der Waals surface area contributed by atoms with E-state index in [0.717, 1.165) is 18.2 Å². The normalized spacial score (nSPS) is 15.4. The van der Waals surface area contributed by atoms with E-state index in [2.05, 4.69) is 72.0 Å². The first-order chi connectivity index (χ1) is 11.8. The van der Waals surface area contributed by atoms with Gasteiger partial charge in [-0.15, -0.1) is 0 Å². The zero-order valence-corrected chi connectivity index (χ0v) is 14.0. The lowest BCUT2D eigenvalue weighted by atomic mass is 10.0. The average molecular weight is 317 g/mol. The number of benzene rings is 3. The molecule has 0 aliphatic heterocycles. The quantitative estimate of drug-likeness (QED) is 0.684. The SMILES string of the molecule is COc1ccc(C(NCc2cccc3ccccc23)C2CC2)cc1. The van der Waals surface area contributed by atoms with Gasteiger partial charge in [0.25, 0.3) is 0 Å². The van der Waals surface area contributed by atoms with Crippen LogP contribution in [0.3, 0.4) is 0 Å². The van der Waals surface area contributed by atoms with E-state index in [4.69, 9.17) is 4.74 Å². The van der Waals surface area contributed by atoms with Gasteiger partial charge in [0.15, 0.2) is 0 Å².